The molecule has 2 rings (SSSR count). The number of fused-ring (bicyclic) bond motifs is 1. The van der Waals surface area contributed by atoms with Crippen molar-refractivity contribution in [2.24, 2.45) is 17.8 Å². The topological polar surface area (TPSA) is 83.9 Å². The van der Waals surface area contributed by atoms with E-state index in [1.807, 2.05) is 0 Å². The van der Waals surface area contributed by atoms with Gasteiger partial charge in [-0.05, 0) is 18.8 Å². The summed E-state index contributed by atoms with van der Waals surface area (Å²) in [5.74, 6) is -1.24. The number of carbonyl (C=O) groups excluding carboxylic acids is 2. The standard InChI is InChI=1S/C14H21NO5/c1-3-8-4-10-11(5-8)14(19)15(13(10)18)7-9(20-2)6-12(16)17/h8-11H,3-7H2,1-2H3,(H,16,17). The largest absolute Gasteiger partial charge is 0.481 e. The Hall–Kier alpha value is -1.43. The highest BCUT2D eigenvalue weighted by atomic mass is 16.5. The normalized spacial score (nSPS) is 30.7. The highest BCUT2D eigenvalue weighted by Gasteiger charge is 2.52. The molecule has 0 aromatic rings. The fraction of sp³-hybridized carbons (Fsp3) is 0.786. The van der Waals surface area contributed by atoms with Gasteiger partial charge in [0.15, 0.2) is 0 Å². The van der Waals surface area contributed by atoms with Crippen molar-refractivity contribution in [3.8, 4) is 0 Å². The summed E-state index contributed by atoms with van der Waals surface area (Å²) in [4.78, 5) is 36.5. The molecule has 0 aromatic heterocycles. The Kier molecular flexibility index (Phi) is 4.42. The Morgan fingerprint density at radius 3 is 2.30 bits per heavy atom. The minimum absolute atomic E-state index is 0.0459. The van der Waals surface area contributed by atoms with E-state index in [4.69, 9.17) is 9.84 Å². The summed E-state index contributed by atoms with van der Waals surface area (Å²) >= 11 is 0. The molecule has 6 heteroatoms. The van der Waals surface area contributed by atoms with Crippen LogP contribution in [0.3, 0.4) is 0 Å². The molecule has 3 atom stereocenters. The second kappa shape index (κ2) is 5.91. The third-order valence-electron chi connectivity index (χ3n) is 4.53. The average molecular weight is 283 g/mol. The Morgan fingerprint density at radius 1 is 1.35 bits per heavy atom. The molecule has 1 aliphatic carbocycles. The molecule has 2 aliphatic rings. The molecular formula is C14H21NO5. The van der Waals surface area contributed by atoms with E-state index in [2.05, 4.69) is 6.92 Å². The van der Waals surface area contributed by atoms with Crippen LogP contribution in [-0.4, -0.2) is 47.5 Å². The molecular weight excluding hydrogens is 262 g/mol. The van der Waals surface area contributed by atoms with Gasteiger partial charge >= 0.3 is 5.97 Å². The maximum absolute atomic E-state index is 12.3. The lowest BCUT2D eigenvalue weighted by Crippen LogP contribution is -2.40. The van der Waals surface area contributed by atoms with E-state index in [0.717, 1.165) is 19.3 Å². The molecule has 0 aromatic carbocycles. The summed E-state index contributed by atoms with van der Waals surface area (Å²) in [6, 6.07) is 0. The number of carboxylic acid groups (broad SMARTS) is 1. The summed E-state index contributed by atoms with van der Waals surface area (Å²) in [5.41, 5.74) is 0. The summed E-state index contributed by atoms with van der Waals surface area (Å²) in [7, 11) is 1.40. The molecule has 6 nitrogen and oxygen atoms in total. The van der Waals surface area contributed by atoms with Crippen LogP contribution in [0.15, 0.2) is 0 Å². The van der Waals surface area contributed by atoms with Crippen LogP contribution in [0.2, 0.25) is 0 Å². The van der Waals surface area contributed by atoms with E-state index in [-0.39, 0.29) is 36.6 Å². The van der Waals surface area contributed by atoms with Crippen molar-refractivity contribution in [3.05, 3.63) is 0 Å². The number of carboxylic acids is 1. The zero-order valence-corrected chi connectivity index (χ0v) is 11.9. The van der Waals surface area contributed by atoms with Gasteiger partial charge < -0.3 is 9.84 Å². The third kappa shape index (κ3) is 2.70. The lowest BCUT2D eigenvalue weighted by molar-refractivity contribution is -0.146. The van der Waals surface area contributed by atoms with Gasteiger partial charge in [0.1, 0.15) is 0 Å². The minimum atomic E-state index is -0.998. The van der Waals surface area contributed by atoms with Crippen LogP contribution in [0.1, 0.15) is 32.6 Å². The molecule has 0 bridgehead atoms. The Balaban J connectivity index is 2.03. The fourth-order valence-corrected chi connectivity index (χ4v) is 3.33. The molecule has 2 amide bonds. The summed E-state index contributed by atoms with van der Waals surface area (Å²) < 4.78 is 5.06. The van der Waals surface area contributed by atoms with Crippen molar-refractivity contribution in [2.45, 2.75) is 38.7 Å². The molecule has 1 N–H and O–H groups in total. The van der Waals surface area contributed by atoms with E-state index in [9.17, 15) is 14.4 Å². The highest BCUT2D eigenvalue weighted by Crippen LogP contribution is 2.44. The number of amides is 2. The summed E-state index contributed by atoms with van der Waals surface area (Å²) in [6.45, 7) is 2.12. The molecule has 1 aliphatic heterocycles. The number of ether oxygens (including phenoxy) is 1. The van der Waals surface area contributed by atoms with Crippen molar-refractivity contribution in [2.75, 3.05) is 13.7 Å². The SMILES string of the molecule is CCC1CC2C(=O)N(CC(CC(=O)O)OC)C(=O)C2C1. The van der Waals surface area contributed by atoms with E-state index < -0.39 is 12.1 Å². The number of likely N-dealkylation sites (tertiary alicyclic amines) is 1. The monoisotopic (exact) mass is 283 g/mol. The van der Waals surface area contributed by atoms with Gasteiger partial charge in [-0.1, -0.05) is 13.3 Å². The first-order valence-electron chi connectivity index (χ1n) is 7.07. The van der Waals surface area contributed by atoms with Gasteiger partial charge in [0, 0.05) is 7.11 Å². The van der Waals surface area contributed by atoms with Gasteiger partial charge in [-0.3, -0.25) is 19.3 Å². The smallest absolute Gasteiger partial charge is 0.306 e. The Bertz CT molecular complexity index is 398. The first-order chi connectivity index (χ1) is 9.47. The van der Waals surface area contributed by atoms with Crippen LogP contribution in [-0.2, 0) is 19.1 Å². The highest BCUT2D eigenvalue weighted by molar-refractivity contribution is 6.05. The molecule has 20 heavy (non-hydrogen) atoms. The molecule has 0 spiro atoms. The molecule has 3 unspecified atom stereocenters. The number of rotatable bonds is 6. The number of methoxy groups -OCH3 is 1. The van der Waals surface area contributed by atoms with E-state index >= 15 is 0 Å². The van der Waals surface area contributed by atoms with Crippen molar-refractivity contribution < 1.29 is 24.2 Å². The van der Waals surface area contributed by atoms with Gasteiger partial charge in [0.25, 0.3) is 0 Å². The first kappa shape index (κ1) is 15.0. The maximum Gasteiger partial charge on any atom is 0.306 e. The van der Waals surface area contributed by atoms with Gasteiger partial charge in [-0.15, -0.1) is 0 Å². The van der Waals surface area contributed by atoms with Crippen molar-refractivity contribution in [1.82, 2.24) is 4.90 Å². The van der Waals surface area contributed by atoms with Crippen LogP contribution < -0.4 is 0 Å². The number of nitrogens with zero attached hydrogens (tertiary/aromatic N) is 1. The van der Waals surface area contributed by atoms with Crippen LogP contribution >= 0.6 is 0 Å². The van der Waals surface area contributed by atoms with Gasteiger partial charge in [0.05, 0.1) is 30.9 Å². The average Bonchev–Trinajstić information content (AvgIpc) is 2.92. The molecule has 1 saturated carbocycles. The van der Waals surface area contributed by atoms with E-state index in [1.54, 1.807) is 0 Å². The fourth-order valence-electron chi connectivity index (χ4n) is 3.33. The quantitative estimate of drug-likeness (QED) is 0.732. The molecule has 1 saturated heterocycles. The second-order valence-electron chi connectivity index (χ2n) is 5.70. The predicted octanol–water partition coefficient (Wildman–Crippen LogP) is 0.897. The van der Waals surface area contributed by atoms with Crippen LogP contribution in [0, 0.1) is 17.8 Å². The summed E-state index contributed by atoms with van der Waals surface area (Å²) in [5, 5.41) is 8.78. The zero-order chi connectivity index (χ0) is 14.9. The van der Waals surface area contributed by atoms with Crippen LogP contribution in [0.4, 0.5) is 0 Å². The number of carbonyl (C=O) groups is 3. The Morgan fingerprint density at radius 2 is 1.90 bits per heavy atom. The molecule has 0 radical (unpaired) electrons. The van der Waals surface area contributed by atoms with Crippen molar-refractivity contribution in [3.63, 3.8) is 0 Å². The van der Waals surface area contributed by atoms with Crippen molar-refractivity contribution in [1.29, 1.82) is 0 Å². The number of hydrogen-bond acceptors (Lipinski definition) is 4. The van der Waals surface area contributed by atoms with Crippen LogP contribution in [0.5, 0.6) is 0 Å². The molecule has 2 fully saturated rings. The lowest BCUT2D eigenvalue weighted by Gasteiger charge is -2.22. The predicted molar refractivity (Wildman–Crippen MR) is 69.8 cm³/mol. The van der Waals surface area contributed by atoms with Gasteiger partial charge in [-0.25, -0.2) is 0 Å². The zero-order valence-electron chi connectivity index (χ0n) is 11.9. The van der Waals surface area contributed by atoms with Gasteiger partial charge in [-0.2, -0.15) is 0 Å². The van der Waals surface area contributed by atoms with Gasteiger partial charge in [0.2, 0.25) is 11.8 Å². The number of hydrogen-bond donors (Lipinski definition) is 1. The maximum atomic E-state index is 12.3. The van der Waals surface area contributed by atoms with E-state index in [1.165, 1.54) is 12.0 Å². The number of imide groups is 1. The lowest BCUT2D eigenvalue weighted by atomic mass is 10.00. The summed E-state index contributed by atoms with van der Waals surface area (Å²) in [6.07, 6.45) is 1.70. The second-order valence-corrected chi connectivity index (χ2v) is 5.70. The number of aliphatic carboxylic acids is 1. The molecule has 112 valence electrons. The van der Waals surface area contributed by atoms with Crippen molar-refractivity contribution >= 4 is 17.8 Å². The third-order valence-corrected chi connectivity index (χ3v) is 4.53. The van der Waals surface area contributed by atoms with E-state index in [0.29, 0.717) is 5.92 Å². The first-order valence-corrected chi connectivity index (χ1v) is 7.07. The van der Waals surface area contributed by atoms with Crippen LogP contribution in [0.25, 0.3) is 0 Å². The Labute approximate surface area is 118 Å². The minimum Gasteiger partial charge on any atom is -0.481 e. The molecule has 1 heterocycles.